The predicted molar refractivity (Wildman–Crippen MR) is 155 cm³/mol. The highest BCUT2D eigenvalue weighted by Crippen LogP contribution is 2.25. The van der Waals surface area contributed by atoms with E-state index in [1.807, 2.05) is 82.3 Å². The van der Waals surface area contributed by atoms with Crippen molar-refractivity contribution in [3.05, 3.63) is 95.8 Å². The summed E-state index contributed by atoms with van der Waals surface area (Å²) in [7, 11) is 0. The van der Waals surface area contributed by atoms with Crippen LogP contribution in [0.1, 0.15) is 64.1 Å². The van der Waals surface area contributed by atoms with E-state index in [0.717, 1.165) is 16.7 Å². The number of carbonyl (C=O) groups is 3. The Labute approximate surface area is 236 Å². The number of amides is 2. The minimum absolute atomic E-state index is 0.255. The van der Waals surface area contributed by atoms with E-state index in [-0.39, 0.29) is 24.2 Å². The van der Waals surface area contributed by atoms with Crippen LogP contribution in [0.15, 0.2) is 78.9 Å². The molecule has 40 heavy (non-hydrogen) atoms. The smallest absolute Gasteiger partial charge is 0.304 e. The summed E-state index contributed by atoms with van der Waals surface area (Å²) in [5, 5.41) is 15.3. The van der Waals surface area contributed by atoms with E-state index in [9.17, 15) is 23.9 Å². The lowest BCUT2D eigenvalue weighted by Gasteiger charge is -2.32. The molecule has 0 heterocycles. The van der Waals surface area contributed by atoms with Crippen molar-refractivity contribution >= 4 is 17.8 Å². The van der Waals surface area contributed by atoms with Crippen LogP contribution < -0.4 is 10.6 Å². The number of halogens is 1. The molecule has 0 aliphatic carbocycles. The number of nitrogens with one attached hydrogen (secondary N) is 2. The van der Waals surface area contributed by atoms with Crippen molar-refractivity contribution < 1.29 is 23.9 Å². The van der Waals surface area contributed by atoms with E-state index >= 15 is 0 Å². The molecule has 3 N–H and O–H groups in total. The summed E-state index contributed by atoms with van der Waals surface area (Å²) < 4.78 is 14.1. The second kappa shape index (κ2) is 13.9. The van der Waals surface area contributed by atoms with E-state index in [2.05, 4.69) is 10.6 Å². The van der Waals surface area contributed by atoms with Crippen molar-refractivity contribution in [2.45, 2.75) is 65.5 Å². The molecule has 0 saturated carbocycles. The molecule has 6 nitrogen and oxygen atoms in total. The van der Waals surface area contributed by atoms with Crippen LogP contribution in [0.25, 0.3) is 11.1 Å². The van der Waals surface area contributed by atoms with Crippen molar-refractivity contribution in [2.75, 3.05) is 0 Å². The third kappa shape index (κ3) is 8.76. The Morgan fingerprint density at radius 1 is 0.850 bits per heavy atom. The molecule has 0 aliphatic rings. The van der Waals surface area contributed by atoms with Crippen LogP contribution in [-0.4, -0.2) is 28.9 Å². The van der Waals surface area contributed by atoms with Gasteiger partial charge in [0, 0.05) is 11.5 Å². The number of aryl methyl sites for hydroxylation is 1. The molecule has 2 amide bonds. The fraction of sp³-hybridized carbons (Fsp3) is 0.364. The van der Waals surface area contributed by atoms with Crippen LogP contribution in [0.4, 0.5) is 4.39 Å². The van der Waals surface area contributed by atoms with E-state index in [4.69, 9.17) is 0 Å². The number of benzene rings is 3. The number of carbonyl (C=O) groups excluding carboxylic acids is 2. The number of rotatable bonds is 12. The van der Waals surface area contributed by atoms with Crippen LogP contribution in [0, 0.1) is 17.2 Å². The van der Waals surface area contributed by atoms with Gasteiger partial charge in [0.1, 0.15) is 11.9 Å². The van der Waals surface area contributed by atoms with Gasteiger partial charge in [0.25, 0.3) is 0 Å². The Bertz CT molecular complexity index is 1290. The van der Waals surface area contributed by atoms with Crippen molar-refractivity contribution in [3.8, 4) is 11.1 Å². The lowest BCUT2D eigenvalue weighted by atomic mass is 9.85. The molecule has 7 heteroatoms. The third-order valence-electron chi connectivity index (χ3n) is 7.02. The molecule has 0 unspecified atom stereocenters. The first kappa shape index (κ1) is 30.5. The van der Waals surface area contributed by atoms with Gasteiger partial charge in [0.2, 0.25) is 11.8 Å². The topological polar surface area (TPSA) is 95.5 Å². The number of carboxylic acid groups (broad SMARTS) is 1. The van der Waals surface area contributed by atoms with Crippen LogP contribution in [0.5, 0.6) is 0 Å². The Morgan fingerprint density at radius 2 is 1.48 bits per heavy atom. The molecule has 0 fully saturated rings. The normalized spacial score (nSPS) is 13.6. The van der Waals surface area contributed by atoms with E-state index in [1.54, 1.807) is 18.2 Å². The maximum Gasteiger partial charge on any atom is 0.304 e. The first-order chi connectivity index (χ1) is 19.0. The molecule has 212 valence electrons. The monoisotopic (exact) mass is 546 g/mol. The molecule has 0 spiro atoms. The number of aliphatic carboxylic acids is 1. The highest BCUT2D eigenvalue weighted by molar-refractivity contribution is 5.90. The maximum absolute atomic E-state index is 14.1. The fourth-order valence-electron chi connectivity index (χ4n) is 4.69. The molecule has 0 bridgehead atoms. The largest absolute Gasteiger partial charge is 0.481 e. The summed E-state index contributed by atoms with van der Waals surface area (Å²) in [5.74, 6) is -2.89. The van der Waals surface area contributed by atoms with Crippen LogP contribution >= 0.6 is 0 Å². The molecular weight excluding hydrogens is 507 g/mol. The lowest BCUT2D eigenvalue weighted by molar-refractivity contribution is -0.142. The molecule has 3 aromatic carbocycles. The minimum atomic E-state index is -1.07. The summed E-state index contributed by atoms with van der Waals surface area (Å²) in [6.45, 7) is 7.47. The Morgan fingerprint density at radius 3 is 2.08 bits per heavy atom. The highest BCUT2D eigenvalue weighted by atomic mass is 19.1. The second-order valence-corrected chi connectivity index (χ2v) is 11.3. The molecule has 3 atom stereocenters. The molecule has 0 aliphatic heterocycles. The summed E-state index contributed by atoms with van der Waals surface area (Å²) in [5.41, 5.74) is 2.67. The molecule has 3 rings (SSSR count). The van der Waals surface area contributed by atoms with Gasteiger partial charge in [-0.3, -0.25) is 14.4 Å². The molecule has 0 aromatic heterocycles. The number of hydrogen-bond acceptors (Lipinski definition) is 3. The zero-order valence-electron chi connectivity index (χ0n) is 23.6. The summed E-state index contributed by atoms with van der Waals surface area (Å²) >= 11 is 0. The van der Waals surface area contributed by atoms with Crippen molar-refractivity contribution in [1.29, 1.82) is 0 Å². The zero-order valence-corrected chi connectivity index (χ0v) is 23.6. The quantitative estimate of drug-likeness (QED) is 0.248. The molecular formula is C33H39FN2O4. The standard InChI is InChI=1S/C33H39FN2O4/c1-22(24-12-6-5-7-13-24)35-32(40)30(33(2,3)4)36-31(39)26(21-29(37)38)14-10-11-23-17-19-25(20-18-23)27-15-8-9-16-28(27)34/h5-9,12-13,15-20,22,26,30H,10-11,14,21H2,1-4H3,(H,35,40)(H,36,39)(H,37,38)/t22-,26-,30-/m1/s1. The first-order valence-electron chi connectivity index (χ1n) is 13.7. The maximum atomic E-state index is 14.1. The Hall–Kier alpha value is -4.00. The van der Waals surface area contributed by atoms with Gasteiger partial charge in [-0.2, -0.15) is 0 Å². The molecule has 0 radical (unpaired) electrons. The van der Waals surface area contributed by atoms with Gasteiger partial charge in [0.15, 0.2) is 0 Å². The number of carboxylic acids is 1. The van der Waals surface area contributed by atoms with Crippen LogP contribution in [0.3, 0.4) is 0 Å². The Balaban J connectivity index is 1.63. The predicted octanol–water partition coefficient (Wildman–Crippen LogP) is 6.31. The van der Waals surface area contributed by atoms with Gasteiger partial charge in [-0.15, -0.1) is 0 Å². The van der Waals surface area contributed by atoms with E-state index < -0.39 is 29.3 Å². The summed E-state index contributed by atoms with van der Waals surface area (Å²) in [6.07, 6.45) is 1.25. The van der Waals surface area contributed by atoms with Crippen LogP contribution in [-0.2, 0) is 20.8 Å². The number of hydrogen-bond donors (Lipinski definition) is 3. The second-order valence-electron chi connectivity index (χ2n) is 11.3. The molecule has 3 aromatic rings. The van der Waals surface area contributed by atoms with E-state index in [1.165, 1.54) is 6.07 Å². The average Bonchev–Trinajstić information content (AvgIpc) is 2.91. The van der Waals surface area contributed by atoms with E-state index in [0.29, 0.717) is 24.8 Å². The average molecular weight is 547 g/mol. The first-order valence-corrected chi connectivity index (χ1v) is 13.7. The van der Waals surface area contributed by atoms with Crippen molar-refractivity contribution in [1.82, 2.24) is 10.6 Å². The minimum Gasteiger partial charge on any atom is -0.481 e. The third-order valence-corrected chi connectivity index (χ3v) is 7.02. The van der Waals surface area contributed by atoms with Gasteiger partial charge < -0.3 is 15.7 Å². The summed E-state index contributed by atoms with van der Waals surface area (Å²) in [6, 6.07) is 22.6. The fourth-order valence-corrected chi connectivity index (χ4v) is 4.69. The van der Waals surface area contributed by atoms with Crippen LogP contribution in [0.2, 0.25) is 0 Å². The van der Waals surface area contributed by atoms with Gasteiger partial charge in [-0.05, 0) is 54.4 Å². The molecule has 0 saturated heterocycles. The zero-order chi connectivity index (χ0) is 29.3. The Kier molecular flexibility index (Phi) is 10.6. The summed E-state index contributed by atoms with van der Waals surface area (Å²) in [4.78, 5) is 38.1. The van der Waals surface area contributed by atoms with Crippen molar-refractivity contribution in [2.24, 2.45) is 11.3 Å². The SMILES string of the molecule is C[C@@H](NC(=O)[C@@H](NC(=O)[C@H](CCCc1ccc(-c2ccccc2F)cc1)CC(=O)O)C(C)(C)C)c1ccccc1. The lowest BCUT2D eigenvalue weighted by Crippen LogP contribution is -2.55. The van der Waals surface area contributed by atoms with Gasteiger partial charge in [-0.25, -0.2) is 4.39 Å². The van der Waals surface area contributed by atoms with Gasteiger partial charge in [0.05, 0.1) is 12.5 Å². The van der Waals surface area contributed by atoms with Gasteiger partial charge >= 0.3 is 5.97 Å². The van der Waals surface area contributed by atoms with Gasteiger partial charge in [-0.1, -0.05) is 93.6 Å². The van der Waals surface area contributed by atoms with Crippen molar-refractivity contribution in [3.63, 3.8) is 0 Å². The highest BCUT2D eigenvalue weighted by Gasteiger charge is 2.35.